The van der Waals surface area contributed by atoms with Crippen LogP contribution in [0, 0.1) is 23.3 Å². The van der Waals surface area contributed by atoms with Crippen molar-refractivity contribution in [2.75, 3.05) is 5.32 Å². The molecule has 5 nitrogen and oxygen atoms in total. The highest BCUT2D eigenvalue weighted by Gasteiger charge is 2.29. The number of benzene rings is 2. The van der Waals surface area contributed by atoms with E-state index in [0.29, 0.717) is 6.08 Å². The molecule has 2 N–H and O–H groups in total. The second-order valence-electron chi connectivity index (χ2n) is 4.99. The summed E-state index contributed by atoms with van der Waals surface area (Å²) in [7, 11) is -3.87. The second kappa shape index (κ2) is 5.88. The van der Waals surface area contributed by atoms with Crippen LogP contribution in [0.15, 0.2) is 41.3 Å². The highest BCUT2D eigenvalue weighted by molar-refractivity contribution is 7.90. The van der Waals surface area contributed by atoms with Crippen LogP contribution in [-0.2, 0) is 14.8 Å². The van der Waals surface area contributed by atoms with Gasteiger partial charge in [-0.3, -0.25) is 9.52 Å². The van der Waals surface area contributed by atoms with Crippen LogP contribution in [0.4, 0.5) is 23.2 Å². The van der Waals surface area contributed by atoms with Gasteiger partial charge in [-0.1, -0.05) is 18.2 Å². The van der Waals surface area contributed by atoms with Crippen LogP contribution in [0.1, 0.15) is 5.56 Å². The van der Waals surface area contributed by atoms with E-state index in [2.05, 4.69) is 4.72 Å². The van der Waals surface area contributed by atoms with Gasteiger partial charge < -0.3 is 5.32 Å². The molecule has 25 heavy (non-hydrogen) atoms. The lowest BCUT2D eigenvalue weighted by atomic mass is 10.1. The average Bonchev–Trinajstić information content (AvgIpc) is 2.81. The summed E-state index contributed by atoms with van der Waals surface area (Å²) >= 11 is 0. The van der Waals surface area contributed by atoms with Crippen molar-refractivity contribution in [3.8, 4) is 0 Å². The van der Waals surface area contributed by atoms with Crippen LogP contribution in [0.25, 0.3) is 5.70 Å². The molecule has 130 valence electrons. The summed E-state index contributed by atoms with van der Waals surface area (Å²) in [5, 5.41) is 1.67. The molecule has 0 atom stereocenters. The molecule has 10 heteroatoms. The number of hydrogen-bond donors (Lipinski definition) is 2. The minimum atomic E-state index is -3.87. The molecule has 0 saturated heterocycles. The number of sulfonamides is 1. The van der Waals surface area contributed by atoms with Crippen LogP contribution in [0.3, 0.4) is 0 Å². The first-order chi connectivity index (χ1) is 11.7. The Balaban J connectivity index is 1.96. The number of hydrogen-bond acceptors (Lipinski definition) is 3. The fourth-order valence-corrected chi connectivity index (χ4v) is 3.55. The van der Waals surface area contributed by atoms with Gasteiger partial charge in [-0.15, -0.1) is 0 Å². The van der Waals surface area contributed by atoms with Crippen molar-refractivity contribution in [3.05, 3.63) is 65.2 Å². The van der Waals surface area contributed by atoms with Crippen molar-refractivity contribution < 1.29 is 30.8 Å². The van der Waals surface area contributed by atoms with Gasteiger partial charge in [0.05, 0.1) is 10.6 Å². The van der Waals surface area contributed by atoms with E-state index in [1.165, 1.54) is 24.3 Å². The average molecular weight is 372 g/mol. The molecule has 0 unspecified atom stereocenters. The van der Waals surface area contributed by atoms with E-state index in [9.17, 15) is 30.8 Å². The summed E-state index contributed by atoms with van der Waals surface area (Å²) in [4.78, 5) is 11.8. The zero-order valence-corrected chi connectivity index (χ0v) is 12.9. The first kappa shape index (κ1) is 17.0. The normalized spacial score (nSPS) is 16.4. The van der Waals surface area contributed by atoms with Gasteiger partial charge in [0.1, 0.15) is 5.69 Å². The lowest BCUT2D eigenvalue weighted by molar-refractivity contribution is -0.111. The molecule has 1 aliphatic rings. The standard InChI is InChI=1S/C15H8F4N2O3S/c16-8-5-9(17)14(19)15(13(8)18)20-12(22)6-10-7-3-1-2-4-11(7)25(23,24)21-10/h1-6,21H,(H,20,22). The Morgan fingerprint density at radius 1 is 1.04 bits per heavy atom. The van der Waals surface area contributed by atoms with Crippen LogP contribution >= 0.6 is 0 Å². The Kier molecular flexibility index (Phi) is 3.99. The Hall–Kier alpha value is -2.88. The summed E-state index contributed by atoms with van der Waals surface area (Å²) in [5.74, 6) is -8.11. The molecule has 0 spiro atoms. The first-order valence-corrected chi connectivity index (χ1v) is 8.17. The van der Waals surface area contributed by atoms with Gasteiger partial charge in [-0.2, -0.15) is 0 Å². The largest absolute Gasteiger partial charge is 0.317 e. The Labute approximate surface area is 139 Å². The molecule has 0 aliphatic carbocycles. The predicted molar refractivity (Wildman–Crippen MR) is 79.6 cm³/mol. The van der Waals surface area contributed by atoms with Crippen molar-refractivity contribution in [3.63, 3.8) is 0 Å². The number of amides is 1. The topological polar surface area (TPSA) is 75.3 Å². The summed E-state index contributed by atoms with van der Waals surface area (Å²) in [6.07, 6.45) is 0.713. The van der Waals surface area contributed by atoms with Crippen molar-refractivity contribution in [1.82, 2.24) is 4.72 Å². The van der Waals surface area contributed by atoms with E-state index in [1.807, 2.05) is 0 Å². The molecule has 0 bridgehead atoms. The number of halogens is 4. The van der Waals surface area contributed by atoms with E-state index in [0.717, 1.165) is 0 Å². The van der Waals surface area contributed by atoms with Gasteiger partial charge in [-0.05, 0) is 6.07 Å². The molecule has 2 aromatic rings. The van der Waals surface area contributed by atoms with Crippen molar-refractivity contribution >= 4 is 27.3 Å². The zero-order chi connectivity index (χ0) is 18.4. The van der Waals surface area contributed by atoms with Crippen molar-refractivity contribution in [2.45, 2.75) is 4.90 Å². The van der Waals surface area contributed by atoms with Gasteiger partial charge in [-0.25, -0.2) is 26.0 Å². The molecule has 1 heterocycles. The highest BCUT2D eigenvalue weighted by atomic mass is 32.2. The van der Waals surface area contributed by atoms with E-state index < -0.39 is 44.9 Å². The van der Waals surface area contributed by atoms with Gasteiger partial charge in [0, 0.05) is 17.7 Å². The van der Waals surface area contributed by atoms with E-state index in [-0.39, 0.29) is 22.2 Å². The molecule has 1 aliphatic heterocycles. The minimum Gasteiger partial charge on any atom is -0.317 e. The number of carbonyl (C=O) groups is 1. The summed E-state index contributed by atoms with van der Waals surface area (Å²) < 4.78 is 79.3. The molecule has 0 saturated carbocycles. The minimum absolute atomic E-state index is 0.000132. The Bertz CT molecular complexity index is 1010. The quantitative estimate of drug-likeness (QED) is 0.483. The van der Waals surface area contributed by atoms with Crippen LogP contribution < -0.4 is 10.0 Å². The summed E-state index contributed by atoms with van der Waals surface area (Å²) in [6.45, 7) is 0. The molecular weight excluding hydrogens is 364 g/mol. The third kappa shape index (κ3) is 2.95. The van der Waals surface area contributed by atoms with Gasteiger partial charge >= 0.3 is 0 Å². The van der Waals surface area contributed by atoms with Crippen LogP contribution in [-0.4, -0.2) is 14.3 Å². The molecule has 0 radical (unpaired) electrons. The van der Waals surface area contributed by atoms with Gasteiger partial charge in [0.25, 0.3) is 15.9 Å². The molecule has 2 aromatic carbocycles. The van der Waals surface area contributed by atoms with Crippen molar-refractivity contribution in [2.24, 2.45) is 0 Å². The Morgan fingerprint density at radius 3 is 2.28 bits per heavy atom. The number of fused-ring (bicyclic) bond motifs is 1. The number of carbonyl (C=O) groups excluding carboxylic acids is 1. The van der Waals surface area contributed by atoms with Gasteiger partial charge in [0.15, 0.2) is 23.3 Å². The van der Waals surface area contributed by atoms with E-state index in [4.69, 9.17) is 0 Å². The van der Waals surface area contributed by atoms with Crippen molar-refractivity contribution in [1.29, 1.82) is 0 Å². The van der Waals surface area contributed by atoms with E-state index in [1.54, 1.807) is 5.32 Å². The molecule has 0 aromatic heterocycles. The second-order valence-corrected chi connectivity index (χ2v) is 6.64. The van der Waals surface area contributed by atoms with Gasteiger partial charge in [0.2, 0.25) is 0 Å². The fourth-order valence-electron chi connectivity index (χ4n) is 2.26. The summed E-state index contributed by atoms with van der Waals surface area (Å²) in [6, 6.07) is 5.71. The monoisotopic (exact) mass is 372 g/mol. The maximum atomic E-state index is 13.5. The predicted octanol–water partition coefficient (Wildman–Crippen LogP) is 2.51. The lowest BCUT2D eigenvalue weighted by Crippen LogP contribution is -2.17. The zero-order valence-electron chi connectivity index (χ0n) is 12.1. The number of anilines is 1. The number of nitrogens with one attached hydrogen (secondary N) is 2. The van der Waals surface area contributed by atoms with Crippen LogP contribution in [0.2, 0.25) is 0 Å². The summed E-state index contributed by atoms with van der Waals surface area (Å²) in [5.41, 5.74) is -1.29. The maximum Gasteiger partial charge on any atom is 0.262 e. The van der Waals surface area contributed by atoms with E-state index >= 15 is 0 Å². The number of rotatable bonds is 2. The smallest absolute Gasteiger partial charge is 0.262 e. The first-order valence-electron chi connectivity index (χ1n) is 6.68. The molecule has 1 amide bonds. The fraction of sp³-hybridized carbons (Fsp3) is 0. The molecule has 3 rings (SSSR count). The SMILES string of the molecule is O=C(C=C1NS(=O)(=O)c2ccccc21)Nc1c(F)c(F)cc(F)c1F. The van der Waals surface area contributed by atoms with Crippen LogP contribution in [0.5, 0.6) is 0 Å². The maximum absolute atomic E-state index is 13.5. The highest BCUT2D eigenvalue weighted by Crippen LogP contribution is 2.30. The molecule has 0 fully saturated rings. The Morgan fingerprint density at radius 2 is 1.64 bits per heavy atom. The third-order valence-corrected chi connectivity index (χ3v) is 4.77. The third-order valence-electron chi connectivity index (χ3n) is 3.35. The lowest BCUT2D eigenvalue weighted by Gasteiger charge is -2.07. The molecular formula is C15H8F4N2O3S.